The van der Waals surface area contributed by atoms with Gasteiger partial charge >= 0.3 is 35.8 Å². The van der Waals surface area contributed by atoms with Gasteiger partial charge in [0.05, 0.1) is 13.2 Å². The summed E-state index contributed by atoms with van der Waals surface area (Å²) in [6.07, 6.45) is -9.78. The van der Waals surface area contributed by atoms with Crippen LogP contribution in [0.25, 0.3) is 0 Å². The number of hydrogen-bond donors (Lipinski definition) is 1. The Morgan fingerprint density at radius 2 is 0.960 bits per heavy atom. The molecule has 0 radical (unpaired) electrons. The molecule has 152 valence electrons. The molecule has 0 rings (SSSR count). The largest absolute Gasteiger partial charge is 0.460 e. The van der Waals surface area contributed by atoms with Crippen LogP contribution in [-0.4, -0.2) is 55.5 Å². The lowest BCUT2D eigenvalue weighted by Gasteiger charge is -2.39. The maximum atomic E-state index is 13.1. The summed E-state index contributed by atoms with van der Waals surface area (Å²) in [6, 6.07) is 0. The second kappa shape index (κ2) is 6.96. The third-order valence-corrected chi connectivity index (χ3v) is 2.82. The van der Waals surface area contributed by atoms with Gasteiger partial charge in [-0.2, -0.15) is 57.1 Å². The lowest BCUT2D eigenvalue weighted by Crippen LogP contribution is -2.70. The van der Waals surface area contributed by atoms with Gasteiger partial charge in [-0.3, -0.25) is 0 Å². The van der Waals surface area contributed by atoms with Crippen LogP contribution in [0.5, 0.6) is 0 Å². The van der Waals surface area contributed by atoms with E-state index >= 15 is 0 Å². The monoisotopic (exact) mass is 407 g/mol. The standard InChI is InChI=1S/C10H10F13NO/c11-5(12,1-3-25-4-2-24)6(13,14)7(15,16)8(17,18)9(19,20)10(21,22)23/h1-4,24H2. The SMILES string of the molecule is NCCOCCC(F)(F)C(F)(F)C(F)(F)C(F)(F)C(F)(F)C(F)(F)F. The molecular formula is C10H10F13NO. The van der Waals surface area contributed by atoms with E-state index in [4.69, 9.17) is 5.73 Å². The van der Waals surface area contributed by atoms with E-state index < -0.39 is 55.4 Å². The molecule has 0 aromatic carbocycles. The van der Waals surface area contributed by atoms with Gasteiger partial charge in [0, 0.05) is 13.0 Å². The molecule has 25 heavy (non-hydrogen) atoms. The van der Waals surface area contributed by atoms with Gasteiger partial charge < -0.3 is 10.5 Å². The molecule has 0 aromatic heterocycles. The number of rotatable bonds is 9. The first-order valence-electron chi connectivity index (χ1n) is 6.05. The summed E-state index contributed by atoms with van der Waals surface area (Å²) in [7, 11) is 0. The Labute approximate surface area is 131 Å². The van der Waals surface area contributed by atoms with Crippen molar-refractivity contribution in [3.05, 3.63) is 0 Å². The molecule has 0 saturated carbocycles. The minimum Gasteiger partial charge on any atom is -0.380 e. The average molecular weight is 407 g/mol. The number of alkyl halides is 13. The molecule has 2 nitrogen and oxygen atoms in total. The molecule has 0 unspecified atom stereocenters. The first kappa shape index (κ1) is 24.0. The van der Waals surface area contributed by atoms with Gasteiger partial charge in [-0.1, -0.05) is 0 Å². The van der Waals surface area contributed by atoms with E-state index in [1.54, 1.807) is 0 Å². The molecule has 0 spiro atoms. The van der Waals surface area contributed by atoms with Crippen molar-refractivity contribution in [1.29, 1.82) is 0 Å². The quantitative estimate of drug-likeness (QED) is 0.462. The van der Waals surface area contributed by atoms with Crippen LogP contribution < -0.4 is 5.73 Å². The van der Waals surface area contributed by atoms with Crippen molar-refractivity contribution in [2.45, 2.75) is 42.2 Å². The number of hydrogen-bond acceptors (Lipinski definition) is 2. The highest BCUT2D eigenvalue weighted by Gasteiger charge is 2.90. The molecule has 2 N–H and O–H groups in total. The first-order valence-corrected chi connectivity index (χ1v) is 6.05. The van der Waals surface area contributed by atoms with E-state index in [1.165, 1.54) is 0 Å². The van der Waals surface area contributed by atoms with Crippen molar-refractivity contribution in [1.82, 2.24) is 0 Å². The molecule has 0 heterocycles. The summed E-state index contributed by atoms with van der Waals surface area (Å²) in [5, 5.41) is 0. The number of halogens is 13. The fourth-order valence-electron chi connectivity index (χ4n) is 1.34. The molecule has 0 aliphatic carbocycles. The van der Waals surface area contributed by atoms with E-state index in [1.807, 2.05) is 0 Å². The average Bonchev–Trinajstić information content (AvgIpc) is 2.41. The Morgan fingerprint density at radius 1 is 0.560 bits per heavy atom. The van der Waals surface area contributed by atoms with Crippen molar-refractivity contribution >= 4 is 0 Å². The Kier molecular flexibility index (Phi) is 6.69. The molecule has 0 aliphatic heterocycles. The molecule has 0 aliphatic rings. The van der Waals surface area contributed by atoms with Gasteiger partial charge in [0.15, 0.2) is 0 Å². The zero-order chi connectivity index (χ0) is 20.5. The van der Waals surface area contributed by atoms with Gasteiger partial charge in [0.1, 0.15) is 0 Å². The smallest absolute Gasteiger partial charge is 0.380 e. The number of ether oxygens (including phenoxy) is 1. The molecule has 0 aromatic rings. The van der Waals surface area contributed by atoms with E-state index in [9.17, 15) is 57.1 Å². The number of nitrogens with two attached hydrogens (primary N) is 1. The zero-order valence-corrected chi connectivity index (χ0v) is 11.7. The van der Waals surface area contributed by atoms with Crippen molar-refractivity contribution in [3.63, 3.8) is 0 Å². The molecule has 0 bridgehead atoms. The highest BCUT2D eigenvalue weighted by atomic mass is 19.4. The maximum Gasteiger partial charge on any atom is 0.460 e. The predicted octanol–water partition coefficient (Wildman–Crippen LogP) is 4.09. The molecule has 0 fully saturated rings. The normalized spacial score (nSPS) is 15.6. The molecule has 0 atom stereocenters. The van der Waals surface area contributed by atoms with E-state index in [0.29, 0.717) is 0 Å². The van der Waals surface area contributed by atoms with Crippen LogP contribution in [-0.2, 0) is 4.74 Å². The Balaban J connectivity index is 5.79. The van der Waals surface area contributed by atoms with Gasteiger partial charge in [0.25, 0.3) is 0 Å². The summed E-state index contributed by atoms with van der Waals surface area (Å²) >= 11 is 0. The fraction of sp³-hybridized carbons (Fsp3) is 1.00. The molecule has 0 saturated heterocycles. The Bertz CT molecular complexity index is 445. The van der Waals surface area contributed by atoms with Gasteiger partial charge in [-0.25, -0.2) is 0 Å². The fourth-order valence-corrected chi connectivity index (χ4v) is 1.34. The summed E-state index contributed by atoms with van der Waals surface area (Å²) in [5.41, 5.74) is 4.81. The van der Waals surface area contributed by atoms with Crippen molar-refractivity contribution in [2.75, 3.05) is 19.8 Å². The topological polar surface area (TPSA) is 35.2 Å². The van der Waals surface area contributed by atoms with Crippen LogP contribution in [0, 0.1) is 0 Å². The van der Waals surface area contributed by atoms with Crippen LogP contribution >= 0.6 is 0 Å². The van der Waals surface area contributed by atoms with Crippen molar-refractivity contribution in [3.8, 4) is 0 Å². The van der Waals surface area contributed by atoms with Crippen LogP contribution in [0.3, 0.4) is 0 Å². The van der Waals surface area contributed by atoms with Crippen molar-refractivity contribution in [2.24, 2.45) is 5.73 Å². The minimum absolute atomic E-state index is 0.325. The summed E-state index contributed by atoms with van der Waals surface area (Å²) in [4.78, 5) is 0. The lowest BCUT2D eigenvalue weighted by molar-refractivity contribution is -0.440. The zero-order valence-electron chi connectivity index (χ0n) is 11.7. The third kappa shape index (κ3) is 3.90. The van der Waals surface area contributed by atoms with Crippen LogP contribution in [0.4, 0.5) is 57.1 Å². The molecule has 15 heteroatoms. The van der Waals surface area contributed by atoms with Gasteiger partial charge in [-0.05, 0) is 0 Å². The lowest BCUT2D eigenvalue weighted by atomic mass is 9.93. The third-order valence-electron chi connectivity index (χ3n) is 2.82. The van der Waals surface area contributed by atoms with Crippen LogP contribution in [0.15, 0.2) is 0 Å². The molecule has 0 amide bonds. The Hall–Kier alpha value is -0.990. The molecular weight excluding hydrogens is 397 g/mol. The summed E-state index contributed by atoms with van der Waals surface area (Å²) < 4.78 is 169. The van der Waals surface area contributed by atoms with Crippen LogP contribution in [0.2, 0.25) is 0 Å². The van der Waals surface area contributed by atoms with Crippen LogP contribution in [0.1, 0.15) is 6.42 Å². The highest BCUT2D eigenvalue weighted by molar-refractivity contribution is 5.10. The van der Waals surface area contributed by atoms with E-state index in [2.05, 4.69) is 4.74 Å². The Morgan fingerprint density at radius 3 is 1.32 bits per heavy atom. The second-order valence-electron chi connectivity index (χ2n) is 4.65. The predicted molar refractivity (Wildman–Crippen MR) is 55.3 cm³/mol. The van der Waals surface area contributed by atoms with Gasteiger partial charge in [-0.15, -0.1) is 0 Å². The maximum absolute atomic E-state index is 13.1. The second-order valence-corrected chi connectivity index (χ2v) is 4.65. The van der Waals surface area contributed by atoms with E-state index in [-0.39, 0.29) is 6.54 Å². The van der Waals surface area contributed by atoms with E-state index in [0.717, 1.165) is 0 Å². The summed E-state index contributed by atoms with van der Waals surface area (Å²) in [6.45, 7) is -2.29. The summed E-state index contributed by atoms with van der Waals surface area (Å²) in [5.74, 6) is -36.7. The van der Waals surface area contributed by atoms with Gasteiger partial charge in [0.2, 0.25) is 0 Å². The van der Waals surface area contributed by atoms with Crippen molar-refractivity contribution < 1.29 is 61.8 Å². The highest BCUT2D eigenvalue weighted by Crippen LogP contribution is 2.60. The first-order chi connectivity index (χ1) is 10.8. The minimum atomic E-state index is -7.87.